The van der Waals surface area contributed by atoms with Crippen LogP contribution in [0.3, 0.4) is 0 Å². The largest absolute Gasteiger partial charge is 0.325 e. The molecule has 1 atom stereocenters. The Balaban J connectivity index is 1.83. The van der Waals surface area contributed by atoms with E-state index < -0.39 is 0 Å². The minimum absolute atomic E-state index is 0.0175. The third-order valence-electron chi connectivity index (χ3n) is 3.57. The smallest absolute Gasteiger partial charge is 0.239 e. The molecule has 1 N–H and O–H groups in total. The molecular weight excluding hydrogens is 351 g/mol. The number of amides is 2. The number of rotatable bonds is 4. The molecule has 1 saturated heterocycles. The molecule has 0 radical (unpaired) electrons. The monoisotopic (exact) mass is 364 g/mol. The third kappa shape index (κ3) is 3.55. The molecule has 4 nitrogen and oxygen atoms in total. The highest BCUT2D eigenvalue weighted by Crippen LogP contribution is 2.41. The van der Waals surface area contributed by atoms with E-state index in [9.17, 15) is 14.0 Å². The van der Waals surface area contributed by atoms with E-state index in [0.717, 1.165) is 5.56 Å². The van der Waals surface area contributed by atoms with E-state index in [-0.39, 0.29) is 28.9 Å². The molecule has 0 spiro atoms. The van der Waals surface area contributed by atoms with Gasteiger partial charge >= 0.3 is 0 Å². The first-order valence-electron chi connectivity index (χ1n) is 7.23. The van der Waals surface area contributed by atoms with Gasteiger partial charge < -0.3 is 5.32 Å². The molecule has 0 aliphatic carbocycles. The molecule has 2 aromatic carbocycles. The number of nitrogens with zero attached hydrogens (tertiary/aromatic N) is 1. The van der Waals surface area contributed by atoms with E-state index in [1.165, 1.54) is 23.9 Å². The van der Waals surface area contributed by atoms with Crippen molar-refractivity contribution in [3.63, 3.8) is 0 Å². The molecule has 3 rings (SSSR count). The fourth-order valence-electron chi connectivity index (χ4n) is 2.48. The average Bonchev–Trinajstić information content (AvgIpc) is 2.98. The van der Waals surface area contributed by atoms with Gasteiger partial charge in [-0.3, -0.25) is 14.5 Å². The van der Waals surface area contributed by atoms with Gasteiger partial charge in [-0.25, -0.2) is 4.39 Å². The fraction of sp³-hybridized carbons (Fsp3) is 0.176. The van der Waals surface area contributed by atoms with Crippen LogP contribution in [-0.2, 0) is 9.59 Å². The highest BCUT2D eigenvalue weighted by atomic mass is 35.5. The average molecular weight is 365 g/mol. The van der Waals surface area contributed by atoms with E-state index >= 15 is 0 Å². The molecule has 1 aliphatic heterocycles. The molecule has 2 aromatic rings. The Morgan fingerprint density at radius 1 is 1.21 bits per heavy atom. The van der Waals surface area contributed by atoms with E-state index in [1.54, 1.807) is 29.2 Å². The van der Waals surface area contributed by atoms with Crippen LogP contribution in [-0.4, -0.2) is 23.4 Å². The Morgan fingerprint density at radius 2 is 1.88 bits per heavy atom. The molecule has 1 aliphatic rings. The molecule has 2 amide bonds. The molecular formula is C17H14ClFN2O2S. The predicted octanol–water partition coefficient (Wildman–Crippen LogP) is 3.78. The second-order valence-electron chi connectivity index (χ2n) is 5.21. The zero-order chi connectivity index (χ0) is 17.1. The Labute approximate surface area is 148 Å². The maximum atomic E-state index is 13.1. The number of hydrogen-bond donors (Lipinski definition) is 1. The van der Waals surface area contributed by atoms with Crippen LogP contribution in [0.5, 0.6) is 0 Å². The van der Waals surface area contributed by atoms with Crippen molar-refractivity contribution in [2.24, 2.45) is 0 Å². The van der Waals surface area contributed by atoms with Crippen molar-refractivity contribution in [2.75, 3.05) is 21.8 Å². The van der Waals surface area contributed by atoms with Gasteiger partial charge in [-0.2, -0.15) is 0 Å². The van der Waals surface area contributed by atoms with Crippen LogP contribution in [0.15, 0.2) is 48.5 Å². The van der Waals surface area contributed by atoms with Crippen molar-refractivity contribution in [3.05, 3.63) is 59.9 Å². The van der Waals surface area contributed by atoms with Crippen molar-refractivity contribution >= 4 is 46.6 Å². The van der Waals surface area contributed by atoms with Crippen molar-refractivity contribution in [1.29, 1.82) is 0 Å². The summed E-state index contributed by atoms with van der Waals surface area (Å²) in [6, 6.07) is 13.1. The van der Waals surface area contributed by atoms with Crippen molar-refractivity contribution < 1.29 is 14.0 Å². The van der Waals surface area contributed by atoms with Gasteiger partial charge in [-0.1, -0.05) is 12.1 Å². The maximum Gasteiger partial charge on any atom is 0.239 e. The summed E-state index contributed by atoms with van der Waals surface area (Å²) in [6.45, 7) is 0. The van der Waals surface area contributed by atoms with Gasteiger partial charge in [0, 0.05) is 11.4 Å². The van der Waals surface area contributed by atoms with Gasteiger partial charge in [0.05, 0.1) is 5.75 Å². The summed E-state index contributed by atoms with van der Waals surface area (Å²) in [4.78, 5) is 25.2. The summed E-state index contributed by atoms with van der Waals surface area (Å²) in [5.41, 5.74) is 2.24. The van der Waals surface area contributed by atoms with Gasteiger partial charge in [0.25, 0.3) is 0 Å². The highest BCUT2D eigenvalue weighted by molar-refractivity contribution is 8.00. The predicted molar refractivity (Wildman–Crippen MR) is 94.9 cm³/mol. The molecule has 0 saturated carbocycles. The first-order chi connectivity index (χ1) is 11.6. The number of alkyl halides is 1. The SMILES string of the molecule is O=C(CCl)Nc1ccc(C2SCC(=O)N2c2ccc(F)cc2)cc1. The number of carbonyl (C=O) groups excluding carboxylic acids is 2. The minimum atomic E-state index is -0.339. The summed E-state index contributed by atoms with van der Waals surface area (Å²) in [5.74, 6) is -0.368. The number of hydrogen-bond acceptors (Lipinski definition) is 3. The number of thioether (sulfide) groups is 1. The van der Waals surface area contributed by atoms with Gasteiger partial charge in [0.15, 0.2) is 0 Å². The van der Waals surface area contributed by atoms with Crippen LogP contribution in [0, 0.1) is 5.82 Å². The standard InChI is InChI=1S/C17H14ClFN2O2S/c18-9-15(22)20-13-5-1-11(2-6-13)17-21(16(23)10-24-17)14-7-3-12(19)4-8-14/h1-8,17H,9-10H2,(H,20,22). The lowest BCUT2D eigenvalue weighted by atomic mass is 10.1. The lowest BCUT2D eigenvalue weighted by molar-refractivity contribution is -0.116. The normalized spacial score (nSPS) is 17.2. The first-order valence-corrected chi connectivity index (χ1v) is 8.82. The van der Waals surface area contributed by atoms with E-state index in [1.807, 2.05) is 12.1 Å². The molecule has 1 unspecified atom stereocenters. The fourth-order valence-corrected chi connectivity index (χ4v) is 3.72. The topological polar surface area (TPSA) is 49.4 Å². The highest BCUT2D eigenvalue weighted by Gasteiger charge is 2.33. The lowest BCUT2D eigenvalue weighted by Crippen LogP contribution is -2.27. The van der Waals surface area contributed by atoms with Crippen LogP contribution in [0.2, 0.25) is 0 Å². The molecule has 124 valence electrons. The summed E-state index contributed by atoms with van der Waals surface area (Å²) in [7, 11) is 0. The lowest BCUT2D eigenvalue weighted by Gasteiger charge is -2.24. The molecule has 0 bridgehead atoms. The summed E-state index contributed by atoms with van der Waals surface area (Å²) in [5, 5.41) is 2.49. The summed E-state index contributed by atoms with van der Waals surface area (Å²) < 4.78 is 13.1. The van der Waals surface area contributed by atoms with Crippen LogP contribution in [0.25, 0.3) is 0 Å². The van der Waals surface area contributed by atoms with Gasteiger partial charge in [-0.15, -0.1) is 23.4 Å². The molecule has 7 heteroatoms. The third-order valence-corrected chi connectivity index (χ3v) is 5.03. The second kappa shape index (κ2) is 7.23. The van der Waals surface area contributed by atoms with Crippen molar-refractivity contribution in [3.8, 4) is 0 Å². The minimum Gasteiger partial charge on any atom is -0.325 e. The zero-order valence-corrected chi connectivity index (χ0v) is 14.1. The maximum absolute atomic E-state index is 13.1. The Bertz CT molecular complexity index is 752. The second-order valence-corrected chi connectivity index (χ2v) is 6.54. The summed E-state index contributed by atoms with van der Waals surface area (Å²) in [6.07, 6.45) is 0. The van der Waals surface area contributed by atoms with Gasteiger partial charge in [0.2, 0.25) is 11.8 Å². The van der Waals surface area contributed by atoms with Gasteiger partial charge in [0.1, 0.15) is 17.1 Å². The van der Waals surface area contributed by atoms with Crippen molar-refractivity contribution in [1.82, 2.24) is 0 Å². The van der Waals surface area contributed by atoms with Crippen LogP contribution < -0.4 is 10.2 Å². The number of anilines is 2. The molecule has 0 aromatic heterocycles. The number of nitrogens with one attached hydrogen (secondary N) is 1. The zero-order valence-electron chi connectivity index (χ0n) is 12.5. The van der Waals surface area contributed by atoms with E-state index in [2.05, 4.69) is 5.32 Å². The van der Waals surface area contributed by atoms with Crippen LogP contribution >= 0.6 is 23.4 Å². The summed E-state index contributed by atoms with van der Waals surface area (Å²) >= 11 is 6.97. The van der Waals surface area contributed by atoms with E-state index in [4.69, 9.17) is 11.6 Å². The quantitative estimate of drug-likeness (QED) is 0.840. The molecule has 1 heterocycles. The van der Waals surface area contributed by atoms with Crippen LogP contribution in [0.4, 0.5) is 15.8 Å². The molecule has 1 fully saturated rings. The molecule has 24 heavy (non-hydrogen) atoms. The number of benzene rings is 2. The van der Waals surface area contributed by atoms with Gasteiger partial charge in [-0.05, 0) is 42.0 Å². The Kier molecular flexibility index (Phi) is 5.06. The van der Waals surface area contributed by atoms with Crippen molar-refractivity contribution in [2.45, 2.75) is 5.37 Å². The number of halogens is 2. The number of carbonyl (C=O) groups is 2. The Hall–Kier alpha value is -2.05. The Morgan fingerprint density at radius 3 is 2.50 bits per heavy atom. The van der Waals surface area contributed by atoms with E-state index in [0.29, 0.717) is 17.1 Å². The van der Waals surface area contributed by atoms with Crippen LogP contribution in [0.1, 0.15) is 10.9 Å². The first kappa shape index (κ1) is 16.8.